The summed E-state index contributed by atoms with van der Waals surface area (Å²) in [5, 5.41) is 16.2. The number of aromatic hydroxyl groups is 1. The molecule has 0 atom stereocenters. The first-order chi connectivity index (χ1) is 10.6. The number of phenolic OH excluding ortho intramolecular Hbond substituents is 1. The van der Waals surface area contributed by atoms with Gasteiger partial charge in [0.05, 0.1) is 24.9 Å². The first-order valence-corrected chi connectivity index (χ1v) is 7.72. The van der Waals surface area contributed by atoms with Crippen LogP contribution in [0.3, 0.4) is 0 Å². The van der Waals surface area contributed by atoms with E-state index < -0.39 is 0 Å². The lowest BCUT2D eigenvalue weighted by Gasteiger charge is -1.99. The molecular formula is C14H14ClN3O3S. The summed E-state index contributed by atoms with van der Waals surface area (Å²) in [7, 11) is 0. The van der Waals surface area contributed by atoms with Gasteiger partial charge in [-0.05, 0) is 25.1 Å². The number of carbonyl (C=O) groups is 1. The number of hydrazone groups is 1. The van der Waals surface area contributed by atoms with Crippen molar-refractivity contribution in [1.82, 2.24) is 4.98 Å². The largest absolute Gasteiger partial charge is 0.508 e. The minimum absolute atomic E-state index is 0.108. The lowest BCUT2D eigenvalue weighted by atomic mass is 10.2. The number of hydrogen-bond acceptors (Lipinski definition) is 7. The molecule has 22 heavy (non-hydrogen) atoms. The minimum atomic E-state index is -0.311. The van der Waals surface area contributed by atoms with Gasteiger partial charge in [0.1, 0.15) is 5.75 Å². The number of nitrogens with one attached hydrogen (secondary N) is 1. The number of anilines is 1. The summed E-state index contributed by atoms with van der Waals surface area (Å²) in [4.78, 5) is 15.6. The molecule has 1 aromatic heterocycles. The van der Waals surface area contributed by atoms with E-state index >= 15 is 0 Å². The molecule has 2 aromatic rings. The third-order valence-corrected chi connectivity index (χ3v) is 3.67. The van der Waals surface area contributed by atoms with Crippen LogP contribution < -0.4 is 5.43 Å². The maximum atomic E-state index is 11.3. The fourth-order valence-electron chi connectivity index (χ4n) is 1.59. The molecule has 0 aliphatic heterocycles. The number of esters is 1. The van der Waals surface area contributed by atoms with Crippen molar-refractivity contribution in [1.29, 1.82) is 0 Å². The van der Waals surface area contributed by atoms with Gasteiger partial charge in [0.15, 0.2) is 0 Å². The van der Waals surface area contributed by atoms with E-state index in [-0.39, 0.29) is 18.1 Å². The number of benzene rings is 1. The minimum Gasteiger partial charge on any atom is -0.508 e. The molecule has 2 N–H and O–H groups in total. The van der Waals surface area contributed by atoms with Crippen LogP contribution in [0.2, 0.25) is 5.02 Å². The number of carbonyl (C=O) groups excluding carboxylic acids is 1. The summed E-state index contributed by atoms with van der Waals surface area (Å²) in [6.07, 6.45) is 1.61. The Kier molecular flexibility index (Phi) is 5.74. The Balaban J connectivity index is 1.94. The Morgan fingerprint density at radius 2 is 2.41 bits per heavy atom. The van der Waals surface area contributed by atoms with Crippen LogP contribution in [0.1, 0.15) is 18.2 Å². The fourth-order valence-corrected chi connectivity index (χ4v) is 2.41. The Hall–Kier alpha value is -2.12. The van der Waals surface area contributed by atoms with Crippen molar-refractivity contribution in [2.75, 3.05) is 12.0 Å². The molecule has 0 spiro atoms. The molecule has 6 nitrogen and oxygen atoms in total. The topological polar surface area (TPSA) is 83.8 Å². The Bertz CT molecular complexity index is 688. The summed E-state index contributed by atoms with van der Waals surface area (Å²) in [6.45, 7) is 2.11. The lowest BCUT2D eigenvalue weighted by molar-refractivity contribution is -0.142. The quantitative estimate of drug-likeness (QED) is 0.480. The third kappa shape index (κ3) is 4.71. The van der Waals surface area contributed by atoms with Crippen LogP contribution in [0.5, 0.6) is 5.75 Å². The predicted octanol–water partition coefficient (Wildman–Crippen LogP) is 3.05. The molecule has 0 radical (unpaired) electrons. The molecule has 0 bridgehead atoms. The summed E-state index contributed by atoms with van der Waals surface area (Å²) in [5.41, 5.74) is 3.95. The molecule has 2 rings (SSSR count). The zero-order valence-corrected chi connectivity index (χ0v) is 13.3. The van der Waals surface area contributed by atoms with E-state index in [1.165, 1.54) is 29.7 Å². The molecule has 0 saturated carbocycles. The number of nitrogens with zero attached hydrogens (tertiary/aromatic N) is 2. The van der Waals surface area contributed by atoms with Gasteiger partial charge in [0, 0.05) is 16.0 Å². The molecule has 0 fully saturated rings. The number of ether oxygens (including phenoxy) is 1. The van der Waals surface area contributed by atoms with Crippen LogP contribution in [0.4, 0.5) is 5.13 Å². The van der Waals surface area contributed by atoms with Crippen molar-refractivity contribution >= 4 is 40.3 Å². The zero-order chi connectivity index (χ0) is 15.9. The van der Waals surface area contributed by atoms with Crippen molar-refractivity contribution < 1.29 is 14.6 Å². The smallest absolute Gasteiger partial charge is 0.311 e. The zero-order valence-electron chi connectivity index (χ0n) is 11.7. The summed E-state index contributed by atoms with van der Waals surface area (Å²) < 4.78 is 4.86. The molecular weight excluding hydrogens is 326 g/mol. The highest BCUT2D eigenvalue weighted by Gasteiger charge is 2.07. The van der Waals surface area contributed by atoms with Crippen LogP contribution in [-0.4, -0.2) is 28.9 Å². The lowest BCUT2D eigenvalue weighted by Crippen LogP contribution is -2.07. The van der Waals surface area contributed by atoms with E-state index in [1.54, 1.807) is 18.4 Å². The fraction of sp³-hybridized carbons (Fsp3) is 0.214. The summed E-state index contributed by atoms with van der Waals surface area (Å²) >= 11 is 7.30. The van der Waals surface area contributed by atoms with Crippen LogP contribution in [0, 0.1) is 0 Å². The van der Waals surface area contributed by atoms with Crippen molar-refractivity contribution in [3.8, 4) is 5.75 Å². The standard InChI is InChI=1S/C14H14ClN3O3S/c1-2-21-13(20)6-10-8-22-14(17-10)18-16-7-9-5-11(19)3-4-12(9)15/h3-5,7-8,19H,2,6H2,1H3,(H,17,18). The van der Waals surface area contributed by atoms with Gasteiger partial charge in [-0.25, -0.2) is 4.98 Å². The first kappa shape index (κ1) is 16.3. The van der Waals surface area contributed by atoms with E-state index in [0.717, 1.165) is 0 Å². The van der Waals surface area contributed by atoms with E-state index in [1.807, 2.05) is 0 Å². The van der Waals surface area contributed by atoms with Gasteiger partial charge >= 0.3 is 5.97 Å². The molecule has 8 heteroatoms. The molecule has 0 aliphatic rings. The summed E-state index contributed by atoms with van der Waals surface area (Å²) in [6, 6.07) is 4.58. The number of phenols is 1. The number of hydrogen-bond donors (Lipinski definition) is 2. The van der Waals surface area contributed by atoms with E-state index in [4.69, 9.17) is 16.3 Å². The Morgan fingerprint density at radius 3 is 3.18 bits per heavy atom. The second kappa shape index (κ2) is 7.77. The van der Waals surface area contributed by atoms with Gasteiger partial charge in [0.2, 0.25) is 5.13 Å². The van der Waals surface area contributed by atoms with Crippen molar-refractivity contribution in [2.45, 2.75) is 13.3 Å². The van der Waals surface area contributed by atoms with Crippen molar-refractivity contribution in [3.63, 3.8) is 0 Å². The summed E-state index contributed by atoms with van der Waals surface area (Å²) in [5.74, 6) is -0.203. The molecule has 0 amide bonds. The van der Waals surface area contributed by atoms with Gasteiger partial charge in [0.25, 0.3) is 0 Å². The first-order valence-electron chi connectivity index (χ1n) is 6.46. The molecule has 1 aromatic carbocycles. The monoisotopic (exact) mass is 339 g/mol. The van der Waals surface area contributed by atoms with Gasteiger partial charge in [-0.1, -0.05) is 11.6 Å². The molecule has 0 aliphatic carbocycles. The van der Waals surface area contributed by atoms with Crippen LogP contribution in [0.25, 0.3) is 0 Å². The van der Waals surface area contributed by atoms with E-state index in [9.17, 15) is 9.90 Å². The van der Waals surface area contributed by atoms with Gasteiger partial charge < -0.3 is 9.84 Å². The van der Waals surface area contributed by atoms with Gasteiger partial charge in [-0.15, -0.1) is 11.3 Å². The van der Waals surface area contributed by atoms with Crippen LogP contribution in [0.15, 0.2) is 28.7 Å². The van der Waals surface area contributed by atoms with Crippen LogP contribution in [-0.2, 0) is 16.0 Å². The second-order valence-corrected chi connectivity index (χ2v) is 5.47. The Labute approximate surface area is 136 Å². The average Bonchev–Trinajstić information content (AvgIpc) is 2.90. The highest BCUT2D eigenvalue weighted by molar-refractivity contribution is 7.13. The highest BCUT2D eigenvalue weighted by atomic mass is 35.5. The Morgan fingerprint density at radius 1 is 1.59 bits per heavy atom. The maximum Gasteiger partial charge on any atom is 0.311 e. The number of aromatic nitrogens is 1. The van der Waals surface area contributed by atoms with Crippen molar-refractivity contribution in [2.24, 2.45) is 5.10 Å². The predicted molar refractivity (Wildman–Crippen MR) is 86.8 cm³/mol. The van der Waals surface area contributed by atoms with E-state index in [0.29, 0.717) is 28.0 Å². The third-order valence-electron chi connectivity index (χ3n) is 2.53. The number of halogens is 1. The average molecular weight is 340 g/mol. The van der Waals surface area contributed by atoms with Gasteiger partial charge in [-0.3, -0.25) is 10.2 Å². The highest BCUT2D eigenvalue weighted by Crippen LogP contribution is 2.20. The SMILES string of the molecule is CCOC(=O)Cc1csc(NN=Cc2cc(O)ccc2Cl)n1. The molecule has 0 saturated heterocycles. The number of rotatable bonds is 6. The second-order valence-electron chi connectivity index (χ2n) is 4.20. The number of thiazole rings is 1. The molecule has 1 heterocycles. The van der Waals surface area contributed by atoms with Crippen LogP contribution >= 0.6 is 22.9 Å². The normalized spacial score (nSPS) is 10.8. The maximum absolute atomic E-state index is 11.3. The van der Waals surface area contributed by atoms with Crippen molar-refractivity contribution in [3.05, 3.63) is 39.9 Å². The molecule has 116 valence electrons. The van der Waals surface area contributed by atoms with E-state index in [2.05, 4.69) is 15.5 Å². The molecule has 0 unspecified atom stereocenters. The van der Waals surface area contributed by atoms with Gasteiger partial charge in [-0.2, -0.15) is 5.10 Å².